The Labute approximate surface area is 146 Å². The first kappa shape index (κ1) is 16.8. The number of rotatable bonds is 5. The van der Waals surface area contributed by atoms with E-state index < -0.39 is 0 Å². The number of hydrogen-bond donors (Lipinski definition) is 1. The summed E-state index contributed by atoms with van der Waals surface area (Å²) in [6, 6.07) is 14.8. The van der Waals surface area contributed by atoms with Crippen LogP contribution < -0.4 is 10.1 Å². The minimum Gasteiger partial charge on any atom is -0.497 e. The molecule has 25 heavy (non-hydrogen) atoms. The zero-order valence-electron chi connectivity index (χ0n) is 14.3. The lowest BCUT2D eigenvalue weighted by Crippen LogP contribution is -2.22. The number of carbonyl (C=O) groups excluding carboxylic acids is 2. The number of amides is 1. The van der Waals surface area contributed by atoms with E-state index in [-0.39, 0.29) is 11.8 Å². The summed E-state index contributed by atoms with van der Waals surface area (Å²) in [5.74, 6) is 0.585. The number of ether oxygens (including phenoxy) is 1. The van der Waals surface area contributed by atoms with Gasteiger partial charge in [0.25, 0.3) is 5.91 Å². The van der Waals surface area contributed by atoms with Crippen LogP contribution in [0.2, 0.25) is 0 Å². The number of methoxy groups -OCH3 is 1. The molecular weight excluding hydrogens is 316 g/mol. The Hall–Kier alpha value is -3.08. The molecule has 0 aliphatic rings. The van der Waals surface area contributed by atoms with Crippen LogP contribution in [0, 0.1) is 0 Å². The van der Waals surface area contributed by atoms with Crippen LogP contribution in [0.25, 0.3) is 10.9 Å². The highest BCUT2D eigenvalue weighted by Crippen LogP contribution is 2.27. The van der Waals surface area contributed by atoms with E-state index in [2.05, 4.69) is 5.32 Å². The third kappa shape index (κ3) is 3.55. The first-order valence-corrected chi connectivity index (χ1v) is 8.12. The molecule has 0 atom stereocenters. The summed E-state index contributed by atoms with van der Waals surface area (Å²) in [5, 5.41) is 3.75. The minimum atomic E-state index is -0.0819. The fourth-order valence-electron chi connectivity index (χ4n) is 2.86. The topological polar surface area (TPSA) is 60.3 Å². The number of aromatic nitrogens is 1. The monoisotopic (exact) mass is 336 g/mol. The summed E-state index contributed by atoms with van der Waals surface area (Å²) in [6.07, 6.45) is 2.49. The van der Waals surface area contributed by atoms with E-state index >= 15 is 0 Å². The molecule has 1 heterocycles. The van der Waals surface area contributed by atoms with E-state index in [9.17, 15) is 9.59 Å². The van der Waals surface area contributed by atoms with Gasteiger partial charge in [-0.15, -0.1) is 0 Å². The first-order chi connectivity index (χ1) is 12.1. The second-order valence-corrected chi connectivity index (χ2v) is 5.81. The summed E-state index contributed by atoms with van der Waals surface area (Å²) in [4.78, 5) is 24.0. The Morgan fingerprint density at radius 1 is 1.12 bits per heavy atom. The molecule has 0 aliphatic heterocycles. The summed E-state index contributed by atoms with van der Waals surface area (Å²) in [5.41, 5.74) is 2.45. The van der Waals surface area contributed by atoms with Gasteiger partial charge in [-0.05, 0) is 42.3 Å². The van der Waals surface area contributed by atoms with Crippen molar-refractivity contribution in [3.05, 3.63) is 65.9 Å². The van der Waals surface area contributed by atoms with Gasteiger partial charge in [0, 0.05) is 30.6 Å². The quantitative estimate of drug-likeness (QED) is 0.779. The lowest BCUT2D eigenvalue weighted by atomic mass is 10.1. The third-order valence-electron chi connectivity index (χ3n) is 4.10. The van der Waals surface area contributed by atoms with Crippen molar-refractivity contribution < 1.29 is 14.3 Å². The van der Waals surface area contributed by atoms with Crippen molar-refractivity contribution >= 4 is 22.7 Å². The molecule has 3 rings (SSSR count). The normalized spacial score (nSPS) is 10.6. The van der Waals surface area contributed by atoms with E-state index in [0.29, 0.717) is 18.5 Å². The second kappa shape index (κ2) is 7.21. The van der Waals surface area contributed by atoms with Crippen LogP contribution in [0.15, 0.2) is 54.7 Å². The number of carbonyl (C=O) groups is 2. The molecule has 0 saturated carbocycles. The first-order valence-electron chi connectivity index (χ1n) is 8.12. The third-order valence-corrected chi connectivity index (χ3v) is 4.10. The fourth-order valence-corrected chi connectivity index (χ4v) is 2.86. The van der Waals surface area contributed by atoms with Gasteiger partial charge in [-0.1, -0.05) is 18.2 Å². The molecule has 2 aromatic carbocycles. The molecule has 1 amide bonds. The van der Waals surface area contributed by atoms with Gasteiger partial charge in [-0.25, -0.2) is 0 Å². The van der Waals surface area contributed by atoms with Crippen LogP contribution >= 0.6 is 0 Å². The maximum atomic E-state index is 12.9. The van der Waals surface area contributed by atoms with Crippen LogP contribution in [-0.2, 0) is 11.2 Å². The van der Waals surface area contributed by atoms with E-state index in [4.69, 9.17) is 4.74 Å². The summed E-state index contributed by atoms with van der Waals surface area (Å²) >= 11 is 0. The molecule has 0 spiro atoms. The molecule has 128 valence electrons. The lowest BCUT2D eigenvalue weighted by Gasteiger charge is -2.05. The van der Waals surface area contributed by atoms with Crippen molar-refractivity contribution in [2.24, 2.45) is 0 Å². The van der Waals surface area contributed by atoms with Gasteiger partial charge in [0.05, 0.1) is 12.6 Å². The molecule has 5 heteroatoms. The highest BCUT2D eigenvalue weighted by molar-refractivity contribution is 6.03. The highest BCUT2D eigenvalue weighted by Gasteiger charge is 2.15. The van der Waals surface area contributed by atoms with Crippen molar-refractivity contribution in [3.8, 4) is 5.75 Å². The van der Waals surface area contributed by atoms with Gasteiger partial charge in [0.1, 0.15) is 5.75 Å². The van der Waals surface area contributed by atoms with E-state index in [1.165, 1.54) is 6.92 Å². The molecule has 0 saturated heterocycles. The van der Waals surface area contributed by atoms with Gasteiger partial charge < -0.3 is 10.1 Å². The van der Waals surface area contributed by atoms with Crippen molar-refractivity contribution in [1.82, 2.24) is 9.88 Å². The molecule has 0 aliphatic carbocycles. The van der Waals surface area contributed by atoms with Crippen molar-refractivity contribution in [1.29, 1.82) is 0 Å². The lowest BCUT2D eigenvalue weighted by molar-refractivity contribution is -0.118. The predicted octanol–water partition coefficient (Wildman–Crippen LogP) is 3.02. The largest absolute Gasteiger partial charge is 0.497 e. The maximum absolute atomic E-state index is 12.9. The molecule has 0 radical (unpaired) electrons. The number of nitrogens with zero attached hydrogens (tertiary/aromatic N) is 1. The van der Waals surface area contributed by atoms with Gasteiger partial charge in [0.2, 0.25) is 5.91 Å². The molecule has 0 bridgehead atoms. The average Bonchev–Trinajstić information content (AvgIpc) is 2.99. The fraction of sp³-hybridized carbons (Fsp3) is 0.200. The highest BCUT2D eigenvalue weighted by atomic mass is 16.5. The molecule has 0 fully saturated rings. The smallest absolute Gasteiger partial charge is 0.262 e. The van der Waals surface area contributed by atoms with Crippen molar-refractivity contribution in [2.75, 3.05) is 13.7 Å². The molecule has 5 nitrogen and oxygen atoms in total. The summed E-state index contributed by atoms with van der Waals surface area (Å²) in [7, 11) is 1.62. The minimum absolute atomic E-state index is 0.0679. The zero-order valence-corrected chi connectivity index (χ0v) is 14.3. The number of nitrogens with one attached hydrogen (secondary N) is 1. The SMILES string of the molecule is COc1ccc2c(c1)c(CCNC(C)=O)cn2C(=O)c1ccccc1. The van der Waals surface area contributed by atoms with Gasteiger partial charge in [-0.2, -0.15) is 0 Å². The zero-order chi connectivity index (χ0) is 17.8. The maximum Gasteiger partial charge on any atom is 0.262 e. The van der Waals surface area contributed by atoms with Crippen molar-refractivity contribution in [3.63, 3.8) is 0 Å². The Bertz CT molecular complexity index is 913. The van der Waals surface area contributed by atoms with Crippen LogP contribution in [0.3, 0.4) is 0 Å². The number of hydrogen-bond acceptors (Lipinski definition) is 3. The van der Waals surface area contributed by atoms with E-state index in [1.807, 2.05) is 42.6 Å². The van der Waals surface area contributed by atoms with Gasteiger partial charge in [0.15, 0.2) is 0 Å². The van der Waals surface area contributed by atoms with Crippen molar-refractivity contribution in [2.45, 2.75) is 13.3 Å². The van der Waals surface area contributed by atoms with E-state index in [0.717, 1.165) is 22.2 Å². The molecule has 1 aromatic heterocycles. The Balaban J connectivity index is 2.03. The van der Waals surface area contributed by atoms with Crippen LogP contribution in [-0.4, -0.2) is 30.0 Å². The average molecular weight is 336 g/mol. The standard InChI is InChI=1S/C20H20N2O3/c1-14(23)21-11-10-16-13-22(20(24)15-6-4-3-5-7-15)19-9-8-17(25-2)12-18(16)19/h3-9,12-13H,10-11H2,1-2H3,(H,21,23). The van der Waals surface area contributed by atoms with E-state index in [1.54, 1.807) is 23.8 Å². The Morgan fingerprint density at radius 3 is 2.56 bits per heavy atom. The van der Waals surface area contributed by atoms with Crippen LogP contribution in [0.1, 0.15) is 22.8 Å². The second-order valence-electron chi connectivity index (χ2n) is 5.81. The Morgan fingerprint density at radius 2 is 1.88 bits per heavy atom. The number of fused-ring (bicyclic) bond motifs is 1. The van der Waals surface area contributed by atoms with Gasteiger partial charge in [-0.3, -0.25) is 14.2 Å². The molecule has 1 N–H and O–H groups in total. The van der Waals surface area contributed by atoms with Crippen LogP contribution in [0.5, 0.6) is 5.75 Å². The summed E-state index contributed by atoms with van der Waals surface area (Å²) < 4.78 is 6.97. The molecular formula is C20H20N2O3. The summed E-state index contributed by atoms with van der Waals surface area (Å²) in [6.45, 7) is 2.01. The molecule has 0 unspecified atom stereocenters. The number of benzene rings is 2. The Kier molecular flexibility index (Phi) is 4.84. The predicted molar refractivity (Wildman–Crippen MR) is 97.0 cm³/mol. The van der Waals surface area contributed by atoms with Crippen LogP contribution in [0.4, 0.5) is 0 Å². The van der Waals surface area contributed by atoms with Gasteiger partial charge >= 0.3 is 0 Å². The molecule has 3 aromatic rings.